The summed E-state index contributed by atoms with van der Waals surface area (Å²) in [6.07, 6.45) is 0.996. The standard InChI is InChI=1S/C17H20N4O4S2/c1-25-12-2-3-15-13(8-12)19-16(20-27(15,23)24)11-4-6-21(7-5-11)17(22)14-9-26-10-18-14/h2-3,8-11,16,19-20H,4-7H2,1H3/t16-/m1/s1. The van der Waals surface area contributed by atoms with Gasteiger partial charge in [-0.05, 0) is 30.9 Å². The van der Waals surface area contributed by atoms with E-state index in [-0.39, 0.29) is 16.7 Å². The molecule has 10 heteroatoms. The SMILES string of the molecule is COc1ccc2c(c1)N[C@@H](C1CCN(C(=O)c3cscn3)CC1)NS2(=O)=O. The Morgan fingerprint density at radius 3 is 2.78 bits per heavy atom. The van der Waals surface area contributed by atoms with E-state index >= 15 is 0 Å². The number of methoxy groups -OCH3 is 1. The third-order valence-corrected chi connectivity index (χ3v) is 7.10. The van der Waals surface area contributed by atoms with Crippen molar-refractivity contribution in [1.29, 1.82) is 0 Å². The molecular weight excluding hydrogens is 388 g/mol. The number of ether oxygens (including phenoxy) is 1. The Balaban J connectivity index is 1.46. The number of anilines is 1. The Kier molecular flexibility index (Phi) is 4.79. The van der Waals surface area contributed by atoms with Gasteiger partial charge in [0.15, 0.2) is 0 Å². The average molecular weight is 409 g/mol. The highest BCUT2D eigenvalue weighted by Gasteiger charge is 2.36. The van der Waals surface area contributed by atoms with Crippen molar-refractivity contribution in [3.8, 4) is 5.75 Å². The molecule has 144 valence electrons. The van der Waals surface area contributed by atoms with Crippen molar-refractivity contribution in [2.24, 2.45) is 5.92 Å². The van der Waals surface area contributed by atoms with Crippen LogP contribution in [0.25, 0.3) is 0 Å². The molecule has 1 fully saturated rings. The van der Waals surface area contributed by atoms with Crippen LogP contribution in [0.5, 0.6) is 5.75 Å². The molecule has 0 radical (unpaired) electrons. The van der Waals surface area contributed by atoms with Gasteiger partial charge in [0.25, 0.3) is 5.91 Å². The fraction of sp³-hybridized carbons (Fsp3) is 0.412. The van der Waals surface area contributed by atoms with E-state index in [1.165, 1.54) is 17.4 Å². The third-order valence-electron chi connectivity index (χ3n) is 5.02. The maximum absolute atomic E-state index is 12.6. The van der Waals surface area contributed by atoms with E-state index in [9.17, 15) is 13.2 Å². The quantitative estimate of drug-likeness (QED) is 0.802. The number of benzene rings is 1. The molecule has 0 aliphatic carbocycles. The molecule has 3 heterocycles. The first kappa shape index (κ1) is 18.2. The molecular formula is C17H20N4O4S2. The maximum atomic E-state index is 12.6. The van der Waals surface area contributed by atoms with Gasteiger partial charge in [0.2, 0.25) is 10.0 Å². The predicted octanol–water partition coefficient (Wildman–Crippen LogP) is 1.73. The van der Waals surface area contributed by atoms with Crippen molar-refractivity contribution in [1.82, 2.24) is 14.6 Å². The number of hydrogen-bond donors (Lipinski definition) is 2. The van der Waals surface area contributed by atoms with Gasteiger partial charge >= 0.3 is 0 Å². The average Bonchev–Trinajstić information content (AvgIpc) is 3.21. The minimum atomic E-state index is -3.59. The van der Waals surface area contributed by atoms with E-state index in [1.807, 2.05) is 0 Å². The summed E-state index contributed by atoms with van der Waals surface area (Å²) < 4.78 is 33.1. The van der Waals surface area contributed by atoms with Gasteiger partial charge in [0.05, 0.1) is 24.5 Å². The zero-order chi connectivity index (χ0) is 19.0. The van der Waals surface area contributed by atoms with Crippen molar-refractivity contribution < 1.29 is 17.9 Å². The maximum Gasteiger partial charge on any atom is 0.273 e. The Labute approximate surface area is 161 Å². The largest absolute Gasteiger partial charge is 0.497 e. The van der Waals surface area contributed by atoms with Crippen molar-refractivity contribution in [2.45, 2.75) is 23.9 Å². The molecule has 2 N–H and O–H groups in total. The second-order valence-electron chi connectivity index (χ2n) is 6.61. The monoisotopic (exact) mass is 408 g/mol. The topological polar surface area (TPSA) is 101 Å². The Bertz CT molecular complexity index is 938. The van der Waals surface area contributed by atoms with Gasteiger partial charge < -0.3 is 15.0 Å². The number of carbonyl (C=O) groups excluding carboxylic acids is 1. The summed E-state index contributed by atoms with van der Waals surface area (Å²) in [7, 11) is -2.04. The molecule has 0 spiro atoms. The lowest BCUT2D eigenvalue weighted by Gasteiger charge is -2.38. The zero-order valence-corrected chi connectivity index (χ0v) is 16.3. The first-order valence-corrected chi connectivity index (χ1v) is 11.0. The van der Waals surface area contributed by atoms with E-state index in [2.05, 4.69) is 15.0 Å². The highest BCUT2D eigenvalue weighted by Crippen LogP contribution is 2.33. The van der Waals surface area contributed by atoms with Crippen LogP contribution in [-0.2, 0) is 10.0 Å². The zero-order valence-electron chi connectivity index (χ0n) is 14.7. The first-order valence-electron chi connectivity index (χ1n) is 8.62. The third kappa shape index (κ3) is 3.52. The second-order valence-corrected chi connectivity index (χ2v) is 9.01. The Morgan fingerprint density at radius 2 is 2.11 bits per heavy atom. The van der Waals surface area contributed by atoms with E-state index in [0.29, 0.717) is 43.1 Å². The van der Waals surface area contributed by atoms with Gasteiger partial charge in [-0.25, -0.2) is 13.4 Å². The molecule has 2 aromatic rings. The number of rotatable bonds is 3. The number of hydrogen-bond acceptors (Lipinski definition) is 7. The molecule has 1 aromatic heterocycles. The van der Waals surface area contributed by atoms with Gasteiger partial charge in [-0.1, -0.05) is 0 Å². The Morgan fingerprint density at radius 1 is 1.33 bits per heavy atom. The lowest BCUT2D eigenvalue weighted by atomic mass is 9.93. The highest BCUT2D eigenvalue weighted by atomic mass is 32.2. The van der Waals surface area contributed by atoms with Crippen LogP contribution >= 0.6 is 11.3 Å². The molecule has 1 aromatic carbocycles. The molecule has 1 saturated heterocycles. The molecule has 8 nitrogen and oxygen atoms in total. The van der Waals surface area contributed by atoms with Crippen LogP contribution in [0.1, 0.15) is 23.3 Å². The second kappa shape index (κ2) is 7.10. The lowest BCUT2D eigenvalue weighted by Crippen LogP contribution is -2.52. The number of sulfonamides is 1. The summed E-state index contributed by atoms with van der Waals surface area (Å²) in [5.41, 5.74) is 2.65. The van der Waals surface area contributed by atoms with E-state index < -0.39 is 16.2 Å². The fourth-order valence-corrected chi connectivity index (χ4v) is 5.43. The van der Waals surface area contributed by atoms with Crippen molar-refractivity contribution >= 4 is 33.0 Å². The van der Waals surface area contributed by atoms with Crippen molar-refractivity contribution in [3.05, 3.63) is 34.8 Å². The Hall–Kier alpha value is -2.17. The van der Waals surface area contributed by atoms with Gasteiger partial charge in [0, 0.05) is 24.5 Å². The summed E-state index contributed by atoms with van der Waals surface area (Å²) in [6.45, 7) is 1.15. The number of nitrogens with zero attached hydrogens (tertiary/aromatic N) is 2. The van der Waals surface area contributed by atoms with E-state index in [0.717, 1.165) is 0 Å². The minimum Gasteiger partial charge on any atom is -0.497 e. The number of aromatic nitrogens is 1. The predicted molar refractivity (Wildman–Crippen MR) is 101 cm³/mol. The minimum absolute atomic E-state index is 0.0676. The van der Waals surface area contributed by atoms with Gasteiger partial charge in [-0.2, -0.15) is 4.72 Å². The number of thiazole rings is 1. The summed E-state index contributed by atoms with van der Waals surface area (Å²) in [5.74, 6) is 0.612. The number of carbonyl (C=O) groups is 1. The van der Waals surface area contributed by atoms with Crippen LogP contribution in [0.15, 0.2) is 34.0 Å². The summed E-state index contributed by atoms with van der Waals surface area (Å²) >= 11 is 1.40. The number of likely N-dealkylation sites (tertiary alicyclic amines) is 1. The molecule has 1 amide bonds. The molecule has 1 atom stereocenters. The van der Waals surface area contributed by atoms with Crippen LogP contribution in [0.2, 0.25) is 0 Å². The number of amides is 1. The smallest absolute Gasteiger partial charge is 0.273 e. The number of piperidine rings is 1. The van der Waals surface area contributed by atoms with Crippen LogP contribution in [0.4, 0.5) is 5.69 Å². The normalized spacial score (nSPS) is 22.0. The number of fused-ring (bicyclic) bond motifs is 1. The van der Waals surface area contributed by atoms with E-state index in [4.69, 9.17) is 4.74 Å². The van der Waals surface area contributed by atoms with Gasteiger partial charge in [-0.3, -0.25) is 4.79 Å². The number of nitrogens with one attached hydrogen (secondary N) is 2. The summed E-state index contributed by atoms with van der Waals surface area (Å²) in [6, 6.07) is 4.86. The van der Waals surface area contributed by atoms with Crippen LogP contribution in [0.3, 0.4) is 0 Å². The molecule has 27 heavy (non-hydrogen) atoms. The molecule has 2 aliphatic rings. The summed E-state index contributed by atoms with van der Waals surface area (Å²) in [5, 5.41) is 5.03. The van der Waals surface area contributed by atoms with Crippen LogP contribution < -0.4 is 14.8 Å². The van der Waals surface area contributed by atoms with Gasteiger partial charge in [-0.15, -0.1) is 11.3 Å². The van der Waals surface area contributed by atoms with Crippen LogP contribution in [-0.4, -0.2) is 50.6 Å². The molecule has 2 aliphatic heterocycles. The molecule has 0 bridgehead atoms. The van der Waals surface area contributed by atoms with Crippen molar-refractivity contribution in [3.63, 3.8) is 0 Å². The summed E-state index contributed by atoms with van der Waals surface area (Å²) in [4.78, 5) is 18.5. The lowest BCUT2D eigenvalue weighted by molar-refractivity contribution is 0.0674. The van der Waals surface area contributed by atoms with Crippen molar-refractivity contribution in [2.75, 3.05) is 25.5 Å². The molecule has 0 saturated carbocycles. The van der Waals surface area contributed by atoms with Gasteiger partial charge in [0.1, 0.15) is 16.3 Å². The fourth-order valence-electron chi connectivity index (χ4n) is 3.54. The first-order chi connectivity index (χ1) is 13.0. The molecule has 4 rings (SSSR count). The van der Waals surface area contributed by atoms with Crippen LogP contribution in [0, 0.1) is 5.92 Å². The molecule has 0 unspecified atom stereocenters. The highest BCUT2D eigenvalue weighted by molar-refractivity contribution is 7.89. The van der Waals surface area contributed by atoms with E-state index in [1.54, 1.807) is 35.0 Å².